The van der Waals surface area contributed by atoms with E-state index < -0.39 is 0 Å². The van der Waals surface area contributed by atoms with Gasteiger partial charge in [-0.25, -0.2) is 0 Å². The van der Waals surface area contributed by atoms with Gasteiger partial charge in [-0.05, 0) is 36.5 Å². The summed E-state index contributed by atoms with van der Waals surface area (Å²) in [6.07, 6.45) is 3.88. The molecule has 1 fully saturated rings. The van der Waals surface area contributed by atoms with Gasteiger partial charge in [0.2, 0.25) is 0 Å². The van der Waals surface area contributed by atoms with E-state index in [4.69, 9.17) is 5.73 Å². The van der Waals surface area contributed by atoms with Crippen molar-refractivity contribution in [3.63, 3.8) is 0 Å². The second-order valence-corrected chi connectivity index (χ2v) is 5.52. The highest BCUT2D eigenvalue weighted by Crippen LogP contribution is 2.39. The van der Waals surface area contributed by atoms with E-state index >= 15 is 0 Å². The molecule has 0 aromatic heterocycles. The highest BCUT2D eigenvalue weighted by Gasteiger charge is 2.31. The van der Waals surface area contributed by atoms with E-state index in [1.54, 1.807) is 0 Å². The van der Waals surface area contributed by atoms with Crippen molar-refractivity contribution in [1.29, 1.82) is 0 Å². The number of hydrogen-bond donors (Lipinski definition) is 1. The quantitative estimate of drug-likeness (QED) is 0.593. The van der Waals surface area contributed by atoms with Crippen LogP contribution in [0.1, 0.15) is 47.0 Å². The van der Waals surface area contributed by atoms with Gasteiger partial charge < -0.3 is 5.73 Å². The molecule has 0 heterocycles. The van der Waals surface area contributed by atoms with Crippen molar-refractivity contribution in [2.24, 2.45) is 23.0 Å². The van der Waals surface area contributed by atoms with Gasteiger partial charge in [0, 0.05) is 6.04 Å². The monoisotopic (exact) mass is 169 g/mol. The summed E-state index contributed by atoms with van der Waals surface area (Å²) < 4.78 is 0. The highest BCUT2D eigenvalue weighted by atomic mass is 14.7. The van der Waals surface area contributed by atoms with Crippen LogP contribution in [0.4, 0.5) is 0 Å². The smallest absolute Gasteiger partial charge is 0.00647 e. The summed E-state index contributed by atoms with van der Waals surface area (Å²) >= 11 is 0. The maximum Gasteiger partial charge on any atom is 0.00647 e. The molecular formula is C11H23N. The van der Waals surface area contributed by atoms with Crippen molar-refractivity contribution in [2.45, 2.75) is 53.0 Å². The molecule has 1 saturated carbocycles. The van der Waals surface area contributed by atoms with E-state index in [-0.39, 0.29) is 0 Å². The fraction of sp³-hybridized carbons (Fsp3) is 1.00. The minimum atomic E-state index is 0.462. The summed E-state index contributed by atoms with van der Waals surface area (Å²) in [5.41, 5.74) is 6.46. The second kappa shape index (κ2) is 3.37. The van der Waals surface area contributed by atoms with E-state index in [0.717, 1.165) is 11.8 Å². The molecule has 1 nitrogen and oxygen atoms in total. The molecule has 1 heteroatoms. The Hall–Kier alpha value is -0.0400. The van der Waals surface area contributed by atoms with Crippen molar-refractivity contribution in [3.8, 4) is 0 Å². The molecular weight excluding hydrogens is 146 g/mol. The Bertz CT molecular complexity index is 146. The van der Waals surface area contributed by atoms with Gasteiger partial charge >= 0.3 is 0 Å². The standard InChI is InChI=1S/C11H23N/c1-8-7-9(11(2,3)4)5-6-10(8)12/h8-10H,5-7,12H2,1-4H3/t8-,9-,10+/m1/s1. The SMILES string of the molecule is C[C@@H]1C[C@H](C(C)(C)C)CC[C@@H]1N. The van der Waals surface area contributed by atoms with Crippen molar-refractivity contribution in [1.82, 2.24) is 0 Å². The van der Waals surface area contributed by atoms with E-state index in [1.807, 2.05) is 0 Å². The molecule has 0 unspecified atom stereocenters. The molecule has 0 aromatic rings. The van der Waals surface area contributed by atoms with Crippen LogP contribution in [-0.4, -0.2) is 6.04 Å². The molecule has 0 radical (unpaired) electrons. The molecule has 0 aromatic carbocycles. The van der Waals surface area contributed by atoms with Crippen molar-refractivity contribution >= 4 is 0 Å². The lowest BCUT2D eigenvalue weighted by Crippen LogP contribution is -2.38. The van der Waals surface area contributed by atoms with Crippen molar-refractivity contribution in [2.75, 3.05) is 0 Å². The first-order valence-corrected chi connectivity index (χ1v) is 5.17. The average Bonchev–Trinajstić information content (AvgIpc) is 1.92. The summed E-state index contributed by atoms with van der Waals surface area (Å²) in [6, 6.07) is 0.462. The Balaban J connectivity index is 2.51. The highest BCUT2D eigenvalue weighted by molar-refractivity contribution is 4.85. The van der Waals surface area contributed by atoms with Gasteiger partial charge in [-0.2, -0.15) is 0 Å². The summed E-state index contributed by atoms with van der Waals surface area (Å²) in [4.78, 5) is 0. The van der Waals surface area contributed by atoms with Crippen LogP contribution in [-0.2, 0) is 0 Å². The van der Waals surface area contributed by atoms with Gasteiger partial charge in [0.15, 0.2) is 0 Å². The fourth-order valence-corrected chi connectivity index (χ4v) is 2.21. The molecule has 2 N–H and O–H groups in total. The van der Waals surface area contributed by atoms with Gasteiger partial charge in [0.05, 0.1) is 0 Å². The van der Waals surface area contributed by atoms with E-state index in [2.05, 4.69) is 27.7 Å². The Labute approximate surface area is 76.7 Å². The molecule has 0 saturated heterocycles. The lowest BCUT2D eigenvalue weighted by atomic mass is 9.68. The fourth-order valence-electron chi connectivity index (χ4n) is 2.21. The molecule has 12 heavy (non-hydrogen) atoms. The van der Waals surface area contributed by atoms with Gasteiger partial charge in [-0.1, -0.05) is 27.7 Å². The van der Waals surface area contributed by atoms with Crippen LogP contribution in [0, 0.1) is 17.3 Å². The Morgan fingerprint density at radius 1 is 1.17 bits per heavy atom. The predicted octanol–water partition coefficient (Wildman–Crippen LogP) is 2.80. The molecule has 0 spiro atoms. The number of nitrogens with two attached hydrogens (primary N) is 1. The molecule has 1 rings (SSSR count). The third-order valence-electron chi connectivity index (χ3n) is 3.46. The molecule has 0 bridgehead atoms. The molecule has 72 valence electrons. The number of rotatable bonds is 0. The molecule has 1 aliphatic rings. The first-order valence-electron chi connectivity index (χ1n) is 5.17. The maximum absolute atomic E-state index is 5.98. The summed E-state index contributed by atoms with van der Waals surface area (Å²) in [7, 11) is 0. The Kier molecular flexibility index (Phi) is 2.82. The zero-order valence-electron chi connectivity index (χ0n) is 8.93. The Morgan fingerprint density at radius 3 is 2.17 bits per heavy atom. The van der Waals surface area contributed by atoms with Crippen LogP contribution >= 0.6 is 0 Å². The van der Waals surface area contributed by atoms with Crippen molar-refractivity contribution < 1.29 is 0 Å². The normalized spacial score (nSPS) is 38.2. The van der Waals surface area contributed by atoms with Crippen LogP contribution in [0.25, 0.3) is 0 Å². The van der Waals surface area contributed by atoms with Crippen LogP contribution in [0.5, 0.6) is 0 Å². The summed E-state index contributed by atoms with van der Waals surface area (Å²) in [5, 5.41) is 0. The largest absolute Gasteiger partial charge is 0.327 e. The first-order chi connectivity index (χ1) is 5.41. The lowest BCUT2D eigenvalue weighted by molar-refractivity contribution is 0.134. The third kappa shape index (κ3) is 2.22. The first kappa shape index (κ1) is 10.0. The van der Waals surface area contributed by atoms with Crippen LogP contribution in [0.3, 0.4) is 0 Å². The third-order valence-corrected chi connectivity index (χ3v) is 3.46. The number of hydrogen-bond acceptors (Lipinski definition) is 1. The summed E-state index contributed by atoms with van der Waals surface area (Å²) in [6.45, 7) is 9.34. The topological polar surface area (TPSA) is 26.0 Å². The molecule has 0 aliphatic heterocycles. The van der Waals surface area contributed by atoms with Gasteiger partial charge in [-0.3, -0.25) is 0 Å². The maximum atomic E-state index is 5.98. The van der Waals surface area contributed by atoms with Crippen LogP contribution in [0.15, 0.2) is 0 Å². The summed E-state index contributed by atoms with van der Waals surface area (Å²) in [5.74, 6) is 1.61. The minimum absolute atomic E-state index is 0.462. The predicted molar refractivity (Wildman–Crippen MR) is 53.9 cm³/mol. The molecule has 1 aliphatic carbocycles. The van der Waals surface area contributed by atoms with Crippen molar-refractivity contribution in [3.05, 3.63) is 0 Å². The van der Waals surface area contributed by atoms with Gasteiger partial charge in [0.25, 0.3) is 0 Å². The van der Waals surface area contributed by atoms with Gasteiger partial charge in [-0.15, -0.1) is 0 Å². The minimum Gasteiger partial charge on any atom is -0.327 e. The van der Waals surface area contributed by atoms with E-state index in [1.165, 1.54) is 19.3 Å². The zero-order valence-corrected chi connectivity index (χ0v) is 8.93. The van der Waals surface area contributed by atoms with Gasteiger partial charge in [0.1, 0.15) is 0 Å². The average molecular weight is 169 g/mol. The van der Waals surface area contributed by atoms with E-state index in [9.17, 15) is 0 Å². The Morgan fingerprint density at radius 2 is 1.75 bits per heavy atom. The van der Waals surface area contributed by atoms with Crippen LogP contribution < -0.4 is 5.73 Å². The molecule has 0 amide bonds. The molecule has 3 atom stereocenters. The lowest BCUT2D eigenvalue weighted by Gasteiger charge is -2.39. The second-order valence-electron chi connectivity index (χ2n) is 5.52. The zero-order chi connectivity index (χ0) is 9.35. The van der Waals surface area contributed by atoms with E-state index in [0.29, 0.717) is 11.5 Å². The van der Waals surface area contributed by atoms with Crippen LogP contribution in [0.2, 0.25) is 0 Å².